The molecular formula is C25H25ClN2O6S. The molecule has 1 aromatic heterocycles. The SMILES string of the molecule is COc1cc(OC)c(NC(=O)C2c3cc(OC)c(OC)cc3C(=O)N(C)C2c2cccs2)cc1Cl. The van der Waals surface area contributed by atoms with Gasteiger partial charge in [-0.1, -0.05) is 17.7 Å². The van der Waals surface area contributed by atoms with Crippen LogP contribution in [-0.4, -0.2) is 52.2 Å². The minimum atomic E-state index is -0.753. The van der Waals surface area contributed by atoms with Crippen molar-refractivity contribution in [2.75, 3.05) is 40.8 Å². The molecular weight excluding hydrogens is 492 g/mol. The number of nitrogens with one attached hydrogen (secondary N) is 1. The molecule has 2 unspecified atom stereocenters. The standard InChI is InChI=1S/C25H25ClN2O6S/c1-28-23(21-7-6-8-35-21)22(13-9-19(33-4)20(34-5)10-14(13)25(28)30)24(29)27-16-11-15(26)17(31-2)12-18(16)32-3/h6-12,22-23H,1-5H3,(H,27,29). The van der Waals surface area contributed by atoms with E-state index >= 15 is 0 Å². The second-order valence-corrected chi connectivity index (χ2v) is 9.21. The van der Waals surface area contributed by atoms with Gasteiger partial charge in [-0.15, -0.1) is 11.3 Å². The Morgan fingerprint density at radius 3 is 2.23 bits per heavy atom. The maximum absolute atomic E-state index is 13.9. The number of benzene rings is 2. The van der Waals surface area contributed by atoms with Gasteiger partial charge in [0.1, 0.15) is 11.5 Å². The molecule has 35 heavy (non-hydrogen) atoms. The van der Waals surface area contributed by atoms with Crippen LogP contribution in [0.2, 0.25) is 5.02 Å². The lowest BCUT2D eigenvalue weighted by atomic mass is 9.81. The Balaban J connectivity index is 1.86. The van der Waals surface area contributed by atoms with E-state index < -0.39 is 12.0 Å². The summed E-state index contributed by atoms with van der Waals surface area (Å²) in [4.78, 5) is 29.8. The molecule has 1 aliphatic rings. The topological polar surface area (TPSA) is 86.3 Å². The van der Waals surface area contributed by atoms with Crippen LogP contribution in [0, 0.1) is 0 Å². The molecule has 0 saturated heterocycles. The Morgan fingerprint density at radius 2 is 1.63 bits per heavy atom. The van der Waals surface area contributed by atoms with E-state index in [1.54, 1.807) is 36.2 Å². The molecule has 2 heterocycles. The molecule has 2 aromatic carbocycles. The molecule has 0 saturated carbocycles. The average Bonchev–Trinajstić information content (AvgIpc) is 3.39. The zero-order valence-electron chi connectivity index (χ0n) is 19.9. The second-order valence-electron chi connectivity index (χ2n) is 7.82. The molecule has 10 heteroatoms. The quantitative estimate of drug-likeness (QED) is 0.476. The van der Waals surface area contributed by atoms with Gasteiger partial charge in [-0.05, 0) is 35.2 Å². The maximum atomic E-state index is 13.9. The predicted molar refractivity (Wildman–Crippen MR) is 135 cm³/mol. The van der Waals surface area contributed by atoms with E-state index in [1.165, 1.54) is 39.8 Å². The minimum absolute atomic E-state index is 0.214. The van der Waals surface area contributed by atoms with Gasteiger partial charge in [0.25, 0.3) is 5.91 Å². The number of amides is 2. The van der Waals surface area contributed by atoms with Crippen LogP contribution in [0.4, 0.5) is 5.69 Å². The van der Waals surface area contributed by atoms with Crippen LogP contribution >= 0.6 is 22.9 Å². The van der Waals surface area contributed by atoms with Crippen molar-refractivity contribution >= 4 is 40.4 Å². The van der Waals surface area contributed by atoms with Crippen LogP contribution in [0.5, 0.6) is 23.0 Å². The van der Waals surface area contributed by atoms with Gasteiger partial charge in [-0.3, -0.25) is 9.59 Å². The fourth-order valence-corrected chi connectivity index (χ4v) is 5.46. The lowest BCUT2D eigenvalue weighted by Crippen LogP contribution is -2.43. The number of hydrogen-bond donors (Lipinski definition) is 1. The van der Waals surface area contributed by atoms with Gasteiger partial charge < -0.3 is 29.2 Å². The molecule has 0 radical (unpaired) electrons. The van der Waals surface area contributed by atoms with Crippen LogP contribution in [0.15, 0.2) is 41.8 Å². The Hall–Kier alpha value is -3.43. The first-order valence-corrected chi connectivity index (χ1v) is 11.9. The van der Waals surface area contributed by atoms with Gasteiger partial charge in [-0.25, -0.2) is 0 Å². The summed E-state index contributed by atoms with van der Waals surface area (Å²) in [6, 6.07) is 9.76. The van der Waals surface area contributed by atoms with E-state index in [-0.39, 0.29) is 11.8 Å². The summed E-state index contributed by atoms with van der Waals surface area (Å²) in [6.07, 6.45) is 0. The molecule has 2 atom stereocenters. The number of likely N-dealkylation sites (N-methyl/N-ethyl adjacent to an activating group) is 1. The predicted octanol–water partition coefficient (Wildman–Crippen LogP) is 4.99. The van der Waals surface area contributed by atoms with Crippen molar-refractivity contribution in [2.45, 2.75) is 12.0 Å². The summed E-state index contributed by atoms with van der Waals surface area (Å²) in [5.41, 5.74) is 1.30. The van der Waals surface area contributed by atoms with E-state index in [9.17, 15) is 9.59 Å². The van der Waals surface area contributed by atoms with E-state index in [2.05, 4.69) is 5.32 Å². The third kappa shape index (κ3) is 4.37. The Bertz CT molecular complexity index is 1260. The van der Waals surface area contributed by atoms with Crippen LogP contribution < -0.4 is 24.3 Å². The average molecular weight is 517 g/mol. The summed E-state index contributed by atoms with van der Waals surface area (Å²) in [5.74, 6) is 0.339. The first-order valence-electron chi connectivity index (χ1n) is 10.6. The van der Waals surface area contributed by atoms with Crippen LogP contribution in [-0.2, 0) is 4.79 Å². The minimum Gasteiger partial charge on any atom is -0.495 e. The third-order valence-corrected chi connectivity index (χ3v) is 7.26. The molecule has 8 nitrogen and oxygen atoms in total. The number of carbonyl (C=O) groups excluding carboxylic acids is 2. The second kappa shape index (κ2) is 10.1. The number of rotatable bonds is 7. The normalized spacial score (nSPS) is 17.0. The monoisotopic (exact) mass is 516 g/mol. The highest BCUT2D eigenvalue weighted by molar-refractivity contribution is 7.10. The Kier molecular flexibility index (Phi) is 7.09. The van der Waals surface area contributed by atoms with Gasteiger partial charge in [0.2, 0.25) is 5.91 Å². The Labute approximate surface area is 212 Å². The molecule has 1 N–H and O–H groups in total. The molecule has 4 rings (SSSR count). The molecule has 184 valence electrons. The van der Waals surface area contributed by atoms with E-state index in [0.29, 0.717) is 44.8 Å². The molecule has 1 aliphatic heterocycles. The molecule has 2 amide bonds. The fraction of sp³-hybridized carbons (Fsp3) is 0.280. The van der Waals surface area contributed by atoms with Crippen molar-refractivity contribution in [2.24, 2.45) is 0 Å². The van der Waals surface area contributed by atoms with Crippen molar-refractivity contribution in [1.82, 2.24) is 4.90 Å². The Morgan fingerprint density at radius 1 is 0.971 bits per heavy atom. The number of anilines is 1. The van der Waals surface area contributed by atoms with Gasteiger partial charge in [0, 0.05) is 23.6 Å². The molecule has 3 aromatic rings. The molecule has 0 bridgehead atoms. The first kappa shape index (κ1) is 24.7. The highest BCUT2D eigenvalue weighted by atomic mass is 35.5. The number of methoxy groups -OCH3 is 4. The summed E-state index contributed by atoms with van der Waals surface area (Å²) >= 11 is 7.80. The van der Waals surface area contributed by atoms with Crippen molar-refractivity contribution < 1.29 is 28.5 Å². The van der Waals surface area contributed by atoms with Gasteiger partial charge in [0.05, 0.1) is 51.1 Å². The summed E-state index contributed by atoms with van der Waals surface area (Å²) in [6.45, 7) is 0. The molecule has 0 aliphatic carbocycles. The van der Waals surface area contributed by atoms with Crippen molar-refractivity contribution in [3.8, 4) is 23.0 Å². The van der Waals surface area contributed by atoms with E-state index in [1.807, 2.05) is 17.5 Å². The fourth-order valence-electron chi connectivity index (χ4n) is 4.31. The van der Waals surface area contributed by atoms with Gasteiger partial charge >= 0.3 is 0 Å². The highest BCUT2D eigenvalue weighted by Crippen LogP contribution is 2.47. The third-order valence-electron chi connectivity index (χ3n) is 6.02. The van der Waals surface area contributed by atoms with Crippen LogP contribution in [0.1, 0.15) is 32.8 Å². The van der Waals surface area contributed by atoms with Crippen molar-refractivity contribution in [1.29, 1.82) is 0 Å². The number of nitrogens with zero attached hydrogens (tertiary/aromatic N) is 1. The summed E-state index contributed by atoms with van der Waals surface area (Å²) < 4.78 is 21.6. The summed E-state index contributed by atoms with van der Waals surface area (Å²) in [7, 11) is 7.69. The van der Waals surface area contributed by atoms with Crippen LogP contribution in [0.3, 0.4) is 0 Å². The van der Waals surface area contributed by atoms with Crippen molar-refractivity contribution in [3.63, 3.8) is 0 Å². The number of thiophene rings is 1. The maximum Gasteiger partial charge on any atom is 0.254 e. The lowest BCUT2D eigenvalue weighted by molar-refractivity contribution is -0.119. The first-order chi connectivity index (χ1) is 16.8. The largest absolute Gasteiger partial charge is 0.495 e. The zero-order chi connectivity index (χ0) is 25.3. The van der Waals surface area contributed by atoms with Gasteiger partial charge in [0.15, 0.2) is 11.5 Å². The van der Waals surface area contributed by atoms with E-state index in [0.717, 1.165) is 4.88 Å². The zero-order valence-corrected chi connectivity index (χ0v) is 21.5. The van der Waals surface area contributed by atoms with Crippen LogP contribution in [0.25, 0.3) is 0 Å². The summed E-state index contributed by atoms with van der Waals surface area (Å²) in [5, 5.41) is 5.18. The number of carbonyl (C=O) groups is 2. The molecule has 0 spiro atoms. The lowest BCUT2D eigenvalue weighted by Gasteiger charge is -2.39. The number of fused-ring (bicyclic) bond motifs is 1. The van der Waals surface area contributed by atoms with E-state index in [4.69, 9.17) is 30.5 Å². The van der Waals surface area contributed by atoms with Crippen molar-refractivity contribution in [3.05, 3.63) is 62.8 Å². The number of hydrogen-bond acceptors (Lipinski definition) is 7. The number of halogens is 1. The molecule has 0 fully saturated rings. The van der Waals surface area contributed by atoms with Gasteiger partial charge in [-0.2, -0.15) is 0 Å². The number of ether oxygens (including phenoxy) is 4. The highest BCUT2D eigenvalue weighted by Gasteiger charge is 2.44. The smallest absolute Gasteiger partial charge is 0.254 e.